The minimum Gasteiger partial charge on any atom is -1.00 e. The number of quaternary nitrogens is 1. The Morgan fingerprint density at radius 3 is 2.15 bits per heavy atom. The summed E-state index contributed by atoms with van der Waals surface area (Å²) in [7, 11) is 0. The fourth-order valence-corrected chi connectivity index (χ4v) is 6.24. The van der Waals surface area contributed by atoms with Gasteiger partial charge in [-0.05, 0) is 29.8 Å². The van der Waals surface area contributed by atoms with Crippen molar-refractivity contribution in [3.8, 4) is 0 Å². The van der Waals surface area contributed by atoms with Gasteiger partial charge in [0.2, 0.25) is 0 Å². The summed E-state index contributed by atoms with van der Waals surface area (Å²) in [5, 5.41) is 3.40. The number of esters is 1. The first-order valence-electron chi connectivity index (χ1n) is 11.8. The average Bonchev–Trinajstić information content (AvgIpc) is 2.88. The fourth-order valence-electron chi connectivity index (χ4n) is 5.11. The predicted molar refractivity (Wildman–Crippen MR) is 134 cm³/mol. The molecule has 0 aromatic heterocycles. The van der Waals surface area contributed by atoms with Crippen LogP contribution in [0, 0.1) is 5.92 Å². The van der Waals surface area contributed by atoms with Gasteiger partial charge < -0.3 is 26.9 Å². The van der Waals surface area contributed by atoms with Crippen molar-refractivity contribution in [3.63, 3.8) is 0 Å². The number of piperidine rings is 3. The second-order valence-electron chi connectivity index (χ2n) is 9.22. The number of anilines is 1. The summed E-state index contributed by atoms with van der Waals surface area (Å²) in [4.78, 5) is 14.8. The first kappa shape index (κ1) is 24.6. The third kappa shape index (κ3) is 5.77. The van der Waals surface area contributed by atoms with Crippen molar-refractivity contribution in [1.82, 2.24) is 0 Å². The lowest BCUT2D eigenvalue weighted by molar-refractivity contribution is -0.934. The molecule has 1 N–H and O–H groups in total. The van der Waals surface area contributed by atoms with Crippen LogP contribution >= 0.6 is 11.8 Å². The zero-order valence-electron chi connectivity index (χ0n) is 19.2. The summed E-state index contributed by atoms with van der Waals surface area (Å²) in [6.07, 6.45) is 2.25. The second-order valence-corrected chi connectivity index (χ2v) is 10.2. The normalized spacial score (nSPS) is 24.0. The molecule has 6 rings (SSSR count). The van der Waals surface area contributed by atoms with Crippen molar-refractivity contribution in [3.05, 3.63) is 96.6 Å². The van der Waals surface area contributed by atoms with Gasteiger partial charge >= 0.3 is 5.97 Å². The van der Waals surface area contributed by atoms with Gasteiger partial charge in [0.1, 0.15) is 12.4 Å². The van der Waals surface area contributed by atoms with Crippen molar-refractivity contribution in [2.75, 3.05) is 30.8 Å². The van der Waals surface area contributed by atoms with Gasteiger partial charge in [-0.3, -0.25) is 0 Å². The van der Waals surface area contributed by atoms with Gasteiger partial charge in [0.25, 0.3) is 0 Å². The molecule has 178 valence electrons. The summed E-state index contributed by atoms with van der Waals surface area (Å²) in [5.41, 5.74) is 1.84. The number of ether oxygens (including phenoxy) is 1. The van der Waals surface area contributed by atoms with Crippen LogP contribution in [-0.4, -0.2) is 42.1 Å². The number of rotatable bonds is 8. The fraction of sp³-hybridized carbons (Fsp3) is 0.321. The molecular formula is C28H31ClN2O2S. The molecule has 3 heterocycles. The number of para-hydroxylation sites is 1. The van der Waals surface area contributed by atoms with E-state index < -0.39 is 6.04 Å². The molecule has 4 nitrogen and oxygen atoms in total. The summed E-state index contributed by atoms with van der Waals surface area (Å²) in [6.45, 7) is 3.29. The van der Waals surface area contributed by atoms with E-state index in [1.165, 1.54) is 18.0 Å². The van der Waals surface area contributed by atoms with E-state index in [-0.39, 0.29) is 24.5 Å². The molecule has 34 heavy (non-hydrogen) atoms. The molecular weight excluding hydrogens is 464 g/mol. The van der Waals surface area contributed by atoms with Gasteiger partial charge in [0, 0.05) is 29.3 Å². The predicted octanol–water partition coefficient (Wildman–Crippen LogP) is 2.75. The van der Waals surface area contributed by atoms with Gasteiger partial charge in [-0.1, -0.05) is 78.5 Å². The maximum atomic E-state index is 13.5. The van der Waals surface area contributed by atoms with Crippen LogP contribution < -0.4 is 17.7 Å². The van der Waals surface area contributed by atoms with E-state index in [1.54, 1.807) is 0 Å². The van der Waals surface area contributed by atoms with Crippen molar-refractivity contribution in [2.24, 2.45) is 5.92 Å². The number of nitrogens with zero attached hydrogens (tertiary/aromatic N) is 1. The van der Waals surface area contributed by atoms with E-state index in [9.17, 15) is 4.79 Å². The Morgan fingerprint density at radius 2 is 1.50 bits per heavy atom. The van der Waals surface area contributed by atoms with Crippen LogP contribution in [0.25, 0.3) is 0 Å². The maximum Gasteiger partial charge on any atom is 0.333 e. The molecule has 2 bridgehead atoms. The Balaban J connectivity index is 0.00000274. The monoisotopic (exact) mass is 494 g/mol. The number of hydrogen-bond donors (Lipinski definition) is 1. The molecule has 0 saturated carbocycles. The maximum absolute atomic E-state index is 13.5. The number of nitrogens with one attached hydrogen (secondary N) is 1. The van der Waals surface area contributed by atoms with Crippen LogP contribution in [0.2, 0.25) is 0 Å². The van der Waals surface area contributed by atoms with Crippen molar-refractivity contribution in [2.45, 2.75) is 29.9 Å². The highest BCUT2D eigenvalue weighted by molar-refractivity contribution is 7.99. The number of carbonyl (C=O) groups is 1. The highest BCUT2D eigenvalue weighted by atomic mass is 35.5. The van der Waals surface area contributed by atoms with E-state index in [2.05, 4.69) is 35.6 Å². The Bertz CT molecular complexity index is 1040. The van der Waals surface area contributed by atoms with Gasteiger partial charge in [-0.25, -0.2) is 4.79 Å². The highest BCUT2D eigenvalue weighted by Gasteiger charge is 2.48. The number of thioether (sulfide) groups is 1. The lowest BCUT2D eigenvalue weighted by atomic mass is 9.84. The molecule has 3 fully saturated rings. The molecule has 3 aromatic rings. The molecule has 3 aliphatic rings. The molecule has 6 heteroatoms. The largest absolute Gasteiger partial charge is 1.00 e. The molecule has 0 aliphatic carbocycles. The van der Waals surface area contributed by atoms with Gasteiger partial charge in [0.15, 0.2) is 12.1 Å². The van der Waals surface area contributed by atoms with E-state index in [0.29, 0.717) is 5.92 Å². The number of fused-ring (bicyclic) bond motifs is 3. The van der Waals surface area contributed by atoms with Crippen LogP contribution in [-0.2, 0) is 9.53 Å². The molecule has 3 aromatic carbocycles. The smallest absolute Gasteiger partial charge is 0.333 e. The third-order valence-corrected chi connectivity index (χ3v) is 8.29. The van der Waals surface area contributed by atoms with E-state index >= 15 is 0 Å². The zero-order chi connectivity index (χ0) is 22.5. The minimum absolute atomic E-state index is 0. The lowest BCUT2D eigenvalue weighted by Gasteiger charge is -2.51. The van der Waals surface area contributed by atoms with Crippen molar-refractivity contribution < 1.29 is 26.4 Å². The zero-order valence-corrected chi connectivity index (χ0v) is 20.8. The second kappa shape index (κ2) is 11.3. The van der Waals surface area contributed by atoms with Crippen molar-refractivity contribution in [1.29, 1.82) is 0 Å². The van der Waals surface area contributed by atoms with Crippen LogP contribution in [0.3, 0.4) is 0 Å². The standard InChI is InChI=1S/C28H31N2O2S.ClH/c31-28(27(23-10-4-1-5-11-23)29-24-12-6-2-7-13-24)32-26-20-30(18-16-22(26)17-19-30)21-33-25-14-8-3-9-15-25;/h1-15,22,26-27,29H,16-21H2;1H/q+1;/p-1/t22?,26-,27?,30?;/m0./s1. The van der Waals surface area contributed by atoms with E-state index in [4.69, 9.17) is 4.74 Å². The number of benzene rings is 3. The van der Waals surface area contributed by atoms with Crippen molar-refractivity contribution >= 4 is 23.4 Å². The van der Waals surface area contributed by atoms with Crippen LogP contribution in [0.1, 0.15) is 24.4 Å². The molecule has 0 radical (unpaired) electrons. The topological polar surface area (TPSA) is 38.3 Å². The number of hydrogen-bond acceptors (Lipinski definition) is 4. The quantitative estimate of drug-likeness (QED) is 0.297. The Hall–Kier alpha value is -2.47. The Kier molecular flexibility index (Phi) is 8.19. The molecule has 0 spiro atoms. The van der Waals surface area contributed by atoms with Gasteiger partial charge in [0.05, 0.1) is 13.1 Å². The molecule has 3 saturated heterocycles. The van der Waals surface area contributed by atoms with E-state index in [0.717, 1.165) is 41.0 Å². The SMILES string of the molecule is O=C(O[C@H]1C[N+]2(CSc3ccccc3)CCC1CC2)C(Nc1ccccc1)c1ccccc1.[Cl-]. The molecule has 3 aliphatic heterocycles. The summed E-state index contributed by atoms with van der Waals surface area (Å²) >= 11 is 1.92. The first-order valence-corrected chi connectivity index (χ1v) is 12.8. The highest BCUT2D eigenvalue weighted by Crippen LogP contribution is 2.38. The summed E-state index contributed by atoms with van der Waals surface area (Å²) in [6, 6.07) is 29.9. The molecule has 2 atom stereocenters. The van der Waals surface area contributed by atoms with Gasteiger partial charge in [-0.2, -0.15) is 0 Å². The van der Waals surface area contributed by atoms with Gasteiger partial charge in [-0.15, -0.1) is 0 Å². The first-order chi connectivity index (χ1) is 16.2. The third-order valence-electron chi connectivity index (χ3n) is 7.01. The number of carbonyl (C=O) groups excluding carboxylic acids is 1. The lowest BCUT2D eigenvalue weighted by Crippen LogP contribution is -3.00. The van der Waals surface area contributed by atoms with E-state index in [1.807, 2.05) is 72.4 Å². The summed E-state index contributed by atoms with van der Waals surface area (Å²) < 4.78 is 7.30. The summed E-state index contributed by atoms with van der Waals surface area (Å²) in [5.74, 6) is 1.33. The Labute approximate surface area is 212 Å². The minimum atomic E-state index is -0.517. The average molecular weight is 495 g/mol. The molecule has 1 unspecified atom stereocenters. The molecule has 0 amide bonds. The van der Waals surface area contributed by atoms with Crippen LogP contribution in [0.5, 0.6) is 0 Å². The van der Waals surface area contributed by atoms with Crippen LogP contribution in [0.4, 0.5) is 5.69 Å². The number of halogens is 1. The Morgan fingerprint density at radius 1 is 0.912 bits per heavy atom. The van der Waals surface area contributed by atoms with Crippen LogP contribution in [0.15, 0.2) is 95.9 Å².